The van der Waals surface area contributed by atoms with Gasteiger partial charge < -0.3 is 5.11 Å². The van der Waals surface area contributed by atoms with Crippen molar-refractivity contribution in [2.24, 2.45) is 0 Å². The summed E-state index contributed by atoms with van der Waals surface area (Å²) in [5.41, 5.74) is 0. The van der Waals surface area contributed by atoms with Crippen molar-refractivity contribution in [3.63, 3.8) is 0 Å². The molecule has 1 N–H and O–H groups in total. The zero-order valence-electron chi connectivity index (χ0n) is 19.0. The van der Waals surface area contributed by atoms with Crippen LogP contribution in [0.5, 0.6) is 0 Å². The predicted octanol–water partition coefficient (Wildman–Crippen LogP) is 8.68. The van der Waals surface area contributed by atoms with Crippen LogP contribution < -0.4 is 0 Å². The summed E-state index contributed by atoms with van der Waals surface area (Å²) in [4.78, 5) is 15.0. The molecule has 2 nitrogen and oxygen atoms in total. The summed E-state index contributed by atoms with van der Waals surface area (Å²) < 4.78 is 0. The molecule has 0 aromatic heterocycles. The maximum absolute atomic E-state index is 10.4. The van der Waals surface area contributed by atoms with Gasteiger partial charge in [-0.2, -0.15) is 0 Å². The van der Waals surface area contributed by atoms with E-state index in [9.17, 15) is 4.79 Å². The molecule has 0 fully saturated rings. The van der Waals surface area contributed by atoms with Gasteiger partial charge in [-0.05, 0) is 6.42 Å². The van der Waals surface area contributed by atoms with Crippen molar-refractivity contribution in [1.29, 1.82) is 0 Å². The summed E-state index contributed by atoms with van der Waals surface area (Å²) >= 11 is 0.230. The van der Waals surface area contributed by atoms with Crippen molar-refractivity contribution < 1.29 is 9.90 Å². The third kappa shape index (κ3) is 34.2. The van der Waals surface area contributed by atoms with Crippen LogP contribution in [0.15, 0.2) is 0 Å². The second kappa shape index (κ2) is 28.5. The molecule has 0 aromatic rings. The van der Waals surface area contributed by atoms with Gasteiger partial charge in [0.1, 0.15) is 0 Å². The Labute approximate surface area is 181 Å². The molecule has 27 heavy (non-hydrogen) atoms. The van der Waals surface area contributed by atoms with Gasteiger partial charge in [0.05, 0.1) is 0 Å². The van der Waals surface area contributed by atoms with Crippen LogP contribution in [0.4, 0.5) is 0 Å². The molecule has 0 amide bonds. The molecular formula is C24H50O2Sn. The monoisotopic (exact) mass is 490 g/mol. The van der Waals surface area contributed by atoms with Gasteiger partial charge in [0, 0.05) is 6.42 Å². The van der Waals surface area contributed by atoms with Gasteiger partial charge in [-0.1, -0.05) is 122 Å². The van der Waals surface area contributed by atoms with Crippen LogP contribution in [-0.4, -0.2) is 32.2 Å². The molecule has 0 heterocycles. The molecule has 162 valence electrons. The number of hydrogen-bond donors (Lipinski definition) is 1. The fourth-order valence-corrected chi connectivity index (χ4v) is 3.35. The Kier molecular flexibility index (Phi) is 31.1. The van der Waals surface area contributed by atoms with E-state index in [1.165, 1.54) is 109 Å². The van der Waals surface area contributed by atoms with E-state index in [1.807, 2.05) is 0 Å². The third-order valence-corrected chi connectivity index (χ3v) is 4.99. The molecule has 3 heteroatoms. The van der Waals surface area contributed by atoms with Crippen molar-refractivity contribution >= 4 is 27.1 Å². The molecule has 0 rings (SSSR count). The summed E-state index contributed by atoms with van der Waals surface area (Å²) in [6, 6.07) is 0. The SMILES string of the molecule is CCCCCCCCCCCCCCCCCCCCCC(=O)O.[CH3][Sn][CH3]. The first kappa shape index (κ1) is 29.5. The van der Waals surface area contributed by atoms with E-state index >= 15 is 0 Å². The number of hydrogen-bond acceptors (Lipinski definition) is 1. The third-order valence-electron chi connectivity index (χ3n) is 4.99. The Morgan fingerprint density at radius 2 is 0.778 bits per heavy atom. The fraction of sp³-hybridized carbons (Fsp3) is 0.958. The van der Waals surface area contributed by atoms with Crippen molar-refractivity contribution in [3.05, 3.63) is 0 Å². The van der Waals surface area contributed by atoms with E-state index in [0.717, 1.165) is 12.8 Å². The van der Waals surface area contributed by atoms with E-state index in [4.69, 9.17) is 5.11 Å². The van der Waals surface area contributed by atoms with Gasteiger partial charge in [-0.25, -0.2) is 0 Å². The molecule has 0 atom stereocenters. The molecule has 0 saturated heterocycles. The number of carboxylic acid groups (broad SMARTS) is 1. The van der Waals surface area contributed by atoms with Gasteiger partial charge in [0.2, 0.25) is 0 Å². The second-order valence-electron chi connectivity index (χ2n) is 8.01. The Balaban J connectivity index is 0. The zero-order valence-corrected chi connectivity index (χ0v) is 21.9. The van der Waals surface area contributed by atoms with Gasteiger partial charge in [0.25, 0.3) is 0 Å². The molecule has 0 saturated carbocycles. The molecule has 0 aromatic carbocycles. The maximum atomic E-state index is 10.4. The van der Waals surface area contributed by atoms with Crippen LogP contribution >= 0.6 is 0 Å². The van der Waals surface area contributed by atoms with E-state index in [1.54, 1.807) is 0 Å². The minimum atomic E-state index is -0.651. The molecule has 0 aliphatic carbocycles. The molecule has 0 aliphatic rings. The van der Waals surface area contributed by atoms with Gasteiger partial charge in [0.15, 0.2) is 0 Å². The quantitative estimate of drug-likeness (QED) is 0.137. The molecule has 2 radical (unpaired) electrons. The summed E-state index contributed by atoms with van der Waals surface area (Å²) in [6.07, 6.45) is 26.1. The topological polar surface area (TPSA) is 37.3 Å². The van der Waals surface area contributed by atoms with Crippen LogP contribution in [0.3, 0.4) is 0 Å². The van der Waals surface area contributed by atoms with Crippen LogP contribution in [0.2, 0.25) is 9.88 Å². The van der Waals surface area contributed by atoms with Gasteiger partial charge in [-0.15, -0.1) is 0 Å². The van der Waals surface area contributed by atoms with Crippen molar-refractivity contribution in [1.82, 2.24) is 0 Å². The van der Waals surface area contributed by atoms with E-state index in [0.29, 0.717) is 6.42 Å². The van der Waals surface area contributed by atoms with E-state index in [-0.39, 0.29) is 21.1 Å². The molecule has 0 aliphatic heterocycles. The van der Waals surface area contributed by atoms with Gasteiger partial charge >= 0.3 is 37.0 Å². The van der Waals surface area contributed by atoms with Crippen molar-refractivity contribution in [2.75, 3.05) is 0 Å². The summed E-state index contributed by atoms with van der Waals surface area (Å²) in [5.74, 6) is -0.651. The average Bonchev–Trinajstić information content (AvgIpc) is 2.64. The fourth-order valence-electron chi connectivity index (χ4n) is 3.35. The number of unbranched alkanes of at least 4 members (excludes halogenated alkanes) is 18. The average molecular weight is 489 g/mol. The van der Waals surface area contributed by atoms with Crippen LogP contribution in [0.1, 0.15) is 135 Å². The normalized spacial score (nSPS) is 10.5. The van der Waals surface area contributed by atoms with E-state index < -0.39 is 5.97 Å². The first-order chi connectivity index (χ1) is 13.2. The first-order valence-corrected chi connectivity index (χ1v) is 17.7. The standard InChI is InChI=1S/C22H44O2.2CH3.Sn/c1-2-3-4-5-6-7-8-9-10-11-12-13-14-15-16-17-18-19-20-21-22(23)24;;;/h2-21H2,1H3,(H,23,24);2*1H3;. The number of rotatable bonds is 20. The number of carboxylic acids is 1. The molecule has 0 spiro atoms. The summed E-state index contributed by atoms with van der Waals surface area (Å²) in [5, 5.41) is 8.56. The summed E-state index contributed by atoms with van der Waals surface area (Å²) in [7, 11) is 0. The first-order valence-electron chi connectivity index (χ1n) is 12.0. The van der Waals surface area contributed by atoms with Crippen LogP contribution in [0.25, 0.3) is 0 Å². The predicted molar refractivity (Wildman–Crippen MR) is 123 cm³/mol. The number of carbonyl (C=O) groups is 1. The minimum absolute atomic E-state index is 0.230. The molecular weight excluding hydrogens is 439 g/mol. The van der Waals surface area contributed by atoms with Crippen molar-refractivity contribution in [3.8, 4) is 0 Å². The molecule has 0 bridgehead atoms. The Hall–Kier alpha value is 0.269. The Morgan fingerprint density at radius 1 is 0.556 bits per heavy atom. The van der Waals surface area contributed by atoms with Gasteiger partial charge in [-0.3, -0.25) is 4.79 Å². The van der Waals surface area contributed by atoms with E-state index in [2.05, 4.69) is 16.8 Å². The van der Waals surface area contributed by atoms with Crippen LogP contribution in [-0.2, 0) is 4.79 Å². The number of aliphatic carboxylic acids is 1. The Bertz CT molecular complexity index is 269. The second-order valence-corrected chi connectivity index (χ2v) is 10.9. The van der Waals surface area contributed by atoms with Crippen molar-refractivity contribution in [2.45, 2.75) is 145 Å². The molecule has 0 unspecified atom stereocenters. The van der Waals surface area contributed by atoms with Crippen LogP contribution in [0, 0.1) is 0 Å². The Morgan fingerprint density at radius 3 is 1.00 bits per heavy atom. The zero-order chi connectivity index (χ0) is 20.4. The summed E-state index contributed by atoms with van der Waals surface area (Å²) in [6.45, 7) is 2.28.